The lowest BCUT2D eigenvalue weighted by atomic mass is 10.4. The maximum atomic E-state index is 11.5. The van der Waals surface area contributed by atoms with Gasteiger partial charge in [0, 0.05) is 18.8 Å². The second kappa shape index (κ2) is 5.21. The summed E-state index contributed by atoms with van der Waals surface area (Å²) in [5.41, 5.74) is 0. The van der Waals surface area contributed by atoms with E-state index in [1.54, 1.807) is 11.8 Å². The minimum absolute atomic E-state index is 0.0210. The third-order valence-electron chi connectivity index (χ3n) is 1.98. The van der Waals surface area contributed by atoms with Crippen LogP contribution in [0.15, 0.2) is 0 Å². The van der Waals surface area contributed by atoms with E-state index in [9.17, 15) is 9.59 Å². The highest BCUT2D eigenvalue weighted by molar-refractivity contribution is 8.00. The van der Waals surface area contributed by atoms with E-state index in [4.69, 9.17) is 5.11 Å². The summed E-state index contributed by atoms with van der Waals surface area (Å²) in [6.45, 7) is 1.11. The van der Waals surface area contributed by atoms with Crippen molar-refractivity contribution in [2.24, 2.45) is 0 Å². The van der Waals surface area contributed by atoms with Gasteiger partial charge in [-0.15, -0.1) is 11.8 Å². The molecule has 80 valence electrons. The number of aliphatic carboxylic acids is 1. The monoisotopic (exact) mass is 218 g/mol. The summed E-state index contributed by atoms with van der Waals surface area (Å²) < 4.78 is 0. The number of amides is 1. The Kier molecular flexibility index (Phi) is 4.21. The number of rotatable bonds is 4. The number of carbonyl (C=O) groups excluding carboxylic acids is 1. The Morgan fingerprint density at radius 1 is 1.64 bits per heavy atom. The Morgan fingerprint density at radius 3 is 2.86 bits per heavy atom. The number of thioether (sulfide) groups is 1. The SMILES string of the molecule is CN1CCSC1C(=O)NCCC(=O)O. The molecule has 1 rings (SSSR count). The van der Waals surface area contributed by atoms with Crippen molar-refractivity contribution in [2.45, 2.75) is 11.8 Å². The molecule has 0 aromatic rings. The van der Waals surface area contributed by atoms with Crippen molar-refractivity contribution in [1.29, 1.82) is 0 Å². The van der Waals surface area contributed by atoms with E-state index in [2.05, 4.69) is 5.32 Å². The van der Waals surface area contributed by atoms with Gasteiger partial charge in [0.25, 0.3) is 0 Å². The number of carbonyl (C=O) groups is 2. The van der Waals surface area contributed by atoms with E-state index in [0.29, 0.717) is 0 Å². The summed E-state index contributed by atoms with van der Waals surface area (Å²) >= 11 is 1.58. The van der Waals surface area contributed by atoms with Crippen LogP contribution in [0.5, 0.6) is 0 Å². The molecule has 0 bridgehead atoms. The minimum Gasteiger partial charge on any atom is -0.481 e. The number of carboxylic acid groups (broad SMARTS) is 1. The van der Waals surface area contributed by atoms with Gasteiger partial charge >= 0.3 is 5.97 Å². The standard InChI is InChI=1S/C8H14N2O3S/c1-10-4-5-14-8(10)7(13)9-3-2-6(11)12/h8H,2-5H2,1H3,(H,9,13)(H,11,12). The molecule has 14 heavy (non-hydrogen) atoms. The van der Waals surface area contributed by atoms with E-state index < -0.39 is 5.97 Å². The Balaban J connectivity index is 2.24. The van der Waals surface area contributed by atoms with Gasteiger partial charge in [-0.25, -0.2) is 0 Å². The van der Waals surface area contributed by atoms with Crippen molar-refractivity contribution in [3.63, 3.8) is 0 Å². The third kappa shape index (κ3) is 3.19. The van der Waals surface area contributed by atoms with Crippen LogP contribution in [0.2, 0.25) is 0 Å². The molecule has 0 spiro atoms. The summed E-state index contributed by atoms with van der Waals surface area (Å²) in [6, 6.07) is 0. The first kappa shape index (κ1) is 11.3. The van der Waals surface area contributed by atoms with Crippen LogP contribution in [0.4, 0.5) is 0 Å². The molecule has 1 aliphatic heterocycles. The molecule has 2 N–H and O–H groups in total. The average molecular weight is 218 g/mol. The van der Waals surface area contributed by atoms with E-state index >= 15 is 0 Å². The highest BCUT2D eigenvalue weighted by Gasteiger charge is 2.27. The van der Waals surface area contributed by atoms with Gasteiger partial charge in [-0.2, -0.15) is 0 Å². The maximum Gasteiger partial charge on any atom is 0.305 e. The lowest BCUT2D eigenvalue weighted by Gasteiger charge is -2.17. The first-order valence-electron chi connectivity index (χ1n) is 4.42. The molecule has 0 aromatic heterocycles. The van der Waals surface area contributed by atoms with Crippen LogP contribution in [0.25, 0.3) is 0 Å². The fourth-order valence-corrected chi connectivity index (χ4v) is 2.42. The van der Waals surface area contributed by atoms with Crippen LogP contribution in [-0.4, -0.2) is 53.1 Å². The second-order valence-corrected chi connectivity index (χ2v) is 4.33. The molecule has 6 heteroatoms. The summed E-state index contributed by atoms with van der Waals surface area (Å²) in [5.74, 6) is -0.0259. The molecule has 5 nitrogen and oxygen atoms in total. The molecule has 1 saturated heterocycles. The lowest BCUT2D eigenvalue weighted by Crippen LogP contribution is -2.40. The number of hydrogen-bond donors (Lipinski definition) is 2. The van der Waals surface area contributed by atoms with Crippen LogP contribution < -0.4 is 5.32 Å². The molecule has 1 aliphatic rings. The van der Waals surface area contributed by atoms with E-state index in [-0.39, 0.29) is 24.2 Å². The molecule has 0 saturated carbocycles. The van der Waals surface area contributed by atoms with E-state index in [1.807, 2.05) is 11.9 Å². The number of nitrogens with one attached hydrogen (secondary N) is 1. The van der Waals surface area contributed by atoms with Crippen molar-refractivity contribution >= 4 is 23.6 Å². The van der Waals surface area contributed by atoms with Crippen molar-refractivity contribution in [1.82, 2.24) is 10.2 Å². The van der Waals surface area contributed by atoms with Crippen LogP contribution in [-0.2, 0) is 9.59 Å². The zero-order valence-electron chi connectivity index (χ0n) is 8.02. The number of nitrogens with zero attached hydrogens (tertiary/aromatic N) is 1. The first-order valence-corrected chi connectivity index (χ1v) is 5.47. The Hall–Kier alpha value is -0.750. The molecule has 1 fully saturated rings. The van der Waals surface area contributed by atoms with Gasteiger partial charge in [0.05, 0.1) is 6.42 Å². The number of likely N-dealkylation sites (N-methyl/N-ethyl adjacent to an activating group) is 1. The molecule has 1 heterocycles. The van der Waals surface area contributed by atoms with Crippen molar-refractivity contribution in [2.75, 3.05) is 25.9 Å². The van der Waals surface area contributed by atoms with Crippen LogP contribution in [0, 0.1) is 0 Å². The first-order chi connectivity index (χ1) is 6.61. The summed E-state index contributed by atoms with van der Waals surface area (Å²) in [5, 5.41) is 10.8. The maximum absolute atomic E-state index is 11.5. The second-order valence-electron chi connectivity index (χ2n) is 3.14. The summed E-state index contributed by atoms with van der Waals surface area (Å²) in [6.07, 6.45) is -0.0210. The molecular weight excluding hydrogens is 204 g/mol. The van der Waals surface area contributed by atoms with Gasteiger partial charge in [0.15, 0.2) is 0 Å². The average Bonchev–Trinajstić information content (AvgIpc) is 2.50. The molecule has 1 atom stereocenters. The fourth-order valence-electron chi connectivity index (χ4n) is 1.21. The topological polar surface area (TPSA) is 69.6 Å². The number of hydrogen-bond acceptors (Lipinski definition) is 4. The summed E-state index contributed by atoms with van der Waals surface area (Å²) in [4.78, 5) is 23.6. The Bertz CT molecular complexity index is 235. The molecule has 1 amide bonds. The highest BCUT2D eigenvalue weighted by atomic mass is 32.2. The lowest BCUT2D eigenvalue weighted by molar-refractivity contribution is -0.136. The van der Waals surface area contributed by atoms with E-state index in [0.717, 1.165) is 12.3 Å². The zero-order chi connectivity index (χ0) is 10.6. The van der Waals surface area contributed by atoms with Crippen molar-refractivity contribution in [3.05, 3.63) is 0 Å². The normalized spacial score (nSPS) is 22.2. The molecule has 1 unspecified atom stereocenters. The fraction of sp³-hybridized carbons (Fsp3) is 0.750. The van der Waals surface area contributed by atoms with Gasteiger partial charge in [0.1, 0.15) is 5.37 Å². The Labute approximate surface area is 86.8 Å². The van der Waals surface area contributed by atoms with Gasteiger partial charge < -0.3 is 10.4 Å². The van der Waals surface area contributed by atoms with Crippen molar-refractivity contribution < 1.29 is 14.7 Å². The van der Waals surface area contributed by atoms with Gasteiger partial charge in [-0.1, -0.05) is 0 Å². The quantitative estimate of drug-likeness (QED) is 0.671. The van der Waals surface area contributed by atoms with Crippen LogP contribution in [0.1, 0.15) is 6.42 Å². The van der Waals surface area contributed by atoms with Crippen LogP contribution >= 0.6 is 11.8 Å². The van der Waals surface area contributed by atoms with Gasteiger partial charge in [-0.3, -0.25) is 14.5 Å². The predicted octanol–water partition coefficient (Wildman–Crippen LogP) is -0.418. The summed E-state index contributed by atoms with van der Waals surface area (Å²) in [7, 11) is 1.89. The molecule has 0 aliphatic carbocycles. The van der Waals surface area contributed by atoms with Crippen molar-refractivity contribution in [3.8, 4) is 0 Å². The predicted molar refractivity (Wildman–Crippen MR) is 54.1 cm³/mol. The van der Waals surface area contributed by atoms with Crippen LogP contribution in [0.3, 0.4) is 0 Å². The number of carboxylic acids is 1. The zero-order valence-corrected chi connectivity index (χ0v) is 8.84. The van der Waals surface area contributed by atoms with Gasteiger partial charge in [0.2, 0.25) is 5.91 Å². The molecule has 0 aromatic carbocycles. The third-order valence-corrected chi connectivity index (χ3v) is 3.29. The smallest absolute Gasteiger partial charge is 0.305 e. The molecular formula is C8H14N2O3S. The Morgan fingerprint density at radius 2 is 2.36 bits per heavy atom. The highest BCUT2D eigenvalue weighted by Crippen LogP contribution is 2.21. The molecule has 0 radical (unpaired) electrons. The largest absolute Gasteiger partial charge is 0.481 e. The minimum atomic E-state index is -0.891. The van der Waals surface area contributed by atoms with E-state index in [1.165, 1.54) is 0 Å². The van der Waals surface area contributed by atoms with Gasteiger partial charge in [-0.05, 0) is 7.05 Å².